The van der Waals surface area contributed by atoms with Gasteiger partial charge in [-0.2, -0.15) is 5.10 Å². The van der Waals surface area contributed by atoms with E-state index in [9.17, 15) is 9.59 Å². The van der Waals surface area contributed by atoms with Crippen molar-refractivity contribution in [2.75, 3.05) is 6.54 Å². The number of carbonyl (C=O) groups is 1. The molecule has 0 saturated carbocycles. The first-order valence-electron chi connectivity index (χ1n) is 10.3. The third-order valence-electron chi connectivity index (χ3n) is 6.20. The lowest BCUT2D eigenvalue weighted by Crippen LogP contribution is -2.30. The van der Waals surface area contributed by atoms with Crippen LogP contribution < -0.4 is 10.9 Å². The number of hydrogen-bond acceptors (Lipinski definition) is 3. The molecule has 0 aliphatic heterocycles. The van der Waals surface area contributed by atoms with E-state index >= 15 is 0 Å². The van der Waals surface area contributed by atoms with E-state index in [4.69, 9.17) is 0 Å². The lowest BCUT2D eigenvalue weighted by atomic mass is 9.83. The average Bonchev–Trinajstić information content (AvgIpc) is 2.99. The first-order valence-corrected chi connectivity index (χ1v) is 10.3. The second-order valence-electron chi connectivity index (χ2n) is 8.08. The maximum Gasteiger partial charge on any atom is 0.253 e. The van der Waals surface area contributed by atoms with E-state index in [2.05, 4.69) is 39.7 Å². The third-order valence-corrected chi connectivity index (χ3v) is 6.20. The first-order chi connectivity index (χ1) is 14.0. The monoisotopic (exact) mass is 392 g/mol. The molecule has 1 aliphatic carbocycles. The van der Waals surface area contributed by atoms with Crippen LogP contribution in [0.2, 0.25) is 0 Å². The Morgan fingerprint density at radius 2 is 2.10 bits per heavy atom. The molecular weight excluding hydrogens is 364 g/mol. The highest BCUT2D eigenvalue weighted by Crippen LogP contribution is 2.30. The number of fused-ring (bicyclic) bond motifs is 2. The number of carbonyl (C=O) groups excluding carboxylic acids is 1. The van der Waals surface area contributed by atoms with Gasteiger partial charge in [-0.15, -0.1) is 0 Å². The molecule has 1 amide bonds. The van der Waals surface area contributed by atoms with E-state index in [1.807, 2.05) is 20.9 Å². The standard InChI is InChI=1S/C23H28N4O2/c1-14-18(23(29)25-22-21(14)15(2)26-27(22)3)11-12-20(28)24-13-17-9-6-8-16-7-4-5-10-19(16)17/h4-5,7,10,17H,6,8-9,11-13H2,1-3H3,(H,24,28)(H,25,29)/t17-/m1/s1. The van der Waals surface area contributed by atoms with Crippen LogP contribution in [-0.4, -0.2) is 27.2 Å². The number of aromatic nitrogens is 3. The maximum absolute atomic E-state index is 12.5. The fourth-order valence-corrected chi connectivity index (χ4v) is 4.69. The molecule has 3 aromatic rings. The Balaban J connectivity index is 1.42. The molecule has 152 valence electrons. The largest absolute Gasteiger partial charge is 0.355 e. The number of nitrogens with zero attached hydrogens (tertiary/aromatic N) is 2. The number of aryl methyl sites for hydroxylation is 4. The third kappa shape index (κ3) is 3.71. The van der Waals surface area contributed by atoms with Gasteiger partial charge in [0.2, 0.25) is 5.91 Å². The summed E-state index contributed by atoms with van der Waals surface area (Å²) in [6.45, 7) is 4.54. The highest BCUT2D eigenvalue weighted by molar-refractivity contribution is 5.83. The van der Waals surface area contributed by atoms with Crippen molar-refractivity contribution in [1.82, 2.24) is 20.1 Å². The quantitative estimate of drug-likeness (QED) is 0.700. The number of nitrogens with one attached hydrogen (secondary N) is 2. The average molecular weight is 393 g/mol. The predicted molar refractivity (Wildman–Crippen MR) is 114 cm³/mol. The number of rotatable bonds is 5. The number of H-pyrrole nitrogens is 1. The van der Waals surface area contributed by atoms with Gasteiger partial charge in [-0.05, 0) is 56.2 Å². The summed E-state index contributed by atoms with van der Waals surface area (Å²) >= 11 is 0. The Bertz CT molecular complexity index is 1130. The highest BCUT2D eigenvalue weighted by Gasteiger charge is 2.20. The molecule has 1 atom stereocenters. The number of pyridine rings is 1. The topological polar surface area (TPSA) is 79.8 Å². The second kappa shape index (κ2) is 7.85. The fraction of sp³-hybridized carbons (Fsp3) is 0.435. The Labute approximate surface area is 170 Å². The SMILES string of the molecule is Cc1nn(C)c2[nH]c(=O)c(CCC(=O)NC[C@H]3CCCc4ccccc43)c(C)c12. The molecule has 6 heteroatoms. The normalized spacial score (nSPS) is 16.0. The van der Waals surface area contributed by atoms with Crippen molar-refractivity contribution in [3.63, 3.8) is 0 Å². The smallest absolute Gasteiger partial charge is 0.253 e. The summed E-state index contributed by atoms with van der Waals surface area (Å²) in [4.78, 5) is 28.0. The fourth-order valence-electron chi connectivity index (χ4n) is 4.69. The van der Waals surface area contributed by atoms with Crippen molar-refractivity contribution >= 4 is 16.9 Å². The molecule has 0 radical (unpaired) electrons. The van der Waals surface area contributed by atoms with Gasteiger partial charge in [0.15, 0.2) is 0 Å². The number of benzene rings is 1. The van der Waals surface area contributed by atoms with Crippen LogP contribution in [0.4, 0.5) is 0 Å². The van der Waals surface area contributed by atoms with Crippen molar-refractivity contribution in [3.8, 4) is 0 Å². The Hall–Kier alpha value is -2.89. The van der Waals surface area contributed by atoms with E-state index in [1.165, 1.54) is 11.1 Å². The summed E-state index contributed by atoms with van der Waals surface area (Å²) in [5.74, 6) is 0.373. The van der Waals surface area contributed by atoms with Crippen LogP contribution in [0.15, 0.2) is 29.1 Å². The Morgan fingerprint density at radius 3 is 2.93 bits per heavy atom. The summed E-state index contributed by atoms with van der Waals surface area (Å²) in [6, 6.07) is 8.53. The van der Waals surface area contributed by atoms with Crippen LogP contribution in [0.5, 0.6) is 0 Å². The van der Waals surface area contributed by atoms with Crippen molar-refractivity contribution < 1.29 is 4.79 Å². The van der Waals surface area contributed by atoms with Gasteiger partial charge >= 0.3 is 0 Å². The van der Waals surface area contributed by atoms with Crippen LogP contribution in [0.25, 0.3) is 11.0 Å². The molecule has 1 aromatic carbocycles. The van der Waals surface area contributed by atoms with Gasteiger partial charge < -0.3 is 10.3 Å². The number of aromatic amines is 1. The van der Waals surface area contributed by atoms with Crippen molar-refractivity contribution in [2.45, 2.75) is 51.9 Å². The molecule has 2 N–H and O–H groups in total. The molecule has 29 heavy (non-hydrogen) atoms. The zero-order valence-electron chi connectivity index (χ0n) is 17.3. The van der Waals surface area contributed by atoms with Gasteiger partial charge in [0.1, 0.15) is 5.65 Å². The van der Waals surface area contributed by atoms with Gasteiger partial charge in [-0.25, -0.2) is 0 Å². The molecule has 1 aliphatic rings. The van der Waals surface area contributed by atoms with Crippen LogP contribution in [0, 0.1) is 13.8 Å². The van der Waals surface area contributed by atoms with Crippen LogP contribution in [0.3, 0.4) is 0 Å². The maximum atomic E-state index is 12.5. The van der Waals surface area contributed by atoms with Crippen molar-refractivity contribution in [2.24, 2.45) is 7.05 Å². The molecular formula is C23H28N4O2. The zero-order valence-corrected chi connectivity index (χ0v) is 17.3. The summed E-state index contributed by atoms with van der Waals surface area (Å²) < 4.78 is 1.69. The lowest BCUT2D eigenvalue weighted by Gasteiger charge is -2.25. The summed E-state index contributed by atoms with van der Waals surface area (Å²) in [6.07, 6.45) is 4.13. The molecule has 0 unspecified atom stereocenters. The van der Waals surface area contributed by atoms with Gasteiger partial charge in [-0.3, -0.25) is 14.3 Å². The van der Waals surface area contributed by atoms with E-state index in [0.29, 0.717) is 30.9 Å². The van der Waals surface area contributed by atoms with Crippen molar-refractivity contribution in [3.05, 3.63) is 62.6 Å². The minimum atomic E-state index is -0.132. The number of amides is 1. The van der Waals surface area contributed by atoms with Gasteiger partial charge in [0.05, 0.1) is 5.69 Å². The molecule has 6 nitrogen and oxygen atoms in total. The summed E-state index contributed by atoms with van der Waals surface area (Å²) in [7, 11) is 1.82. The lowest BCUT2D eigenvalue weighted by molar-refractivity contribution is -0.121. The molecule has 2 aromatic heterocycles. The molecule has 0 saturated heterocycles. The Kier molecular flexibility index (Phi) is 5.26. The highest BCUT2D eigenvalue weighted by atomic mass is 16.1. The second-order valence-corrected chi connectivity index (χ2v) is 8.08. The van der Waals surface area contributed by atoms with Crippen LogP contribution in [0.1, 0.15) is 53.1 Å². The van der Waals surface area contributed by atoms with Crippen LogP contribution >= 0.6 is 0 Å². The van der Waals surface area contributed by atoms with E-state index < -0.39 is 0 Å². The summed E-state index contributed by atoms with van der Waals surface area (Å²) in [5, 5.41) is 8.46. The van der Waals surface area contributed by atoms with E-state index in [1.54, 1.807) is 4.68 Å². The first kappa shape index (κ1) is 19.4. The minimum Gasteiger partial charge on any atom is -0.355 e. The minimum absolute atomic E-state index is 0.00476. The van der Waals surface area contributed by atoms with Gasteiger partial charge in [0.25, 0.3) is 5.56 Å². The van der Waals surface area contributed by atoms with Crippen LogP contribution in [-0.2, 0) is 24.7 Å². The van der Waals surface area contributed by atoms with Crippen molar-refractivity contribution in [1.29, 1.82) is 0 Å². The molecule has 4 rings (SSSR count). The summed E-state index contributed by atoms with van der Waals surface area (Å²) in [5.41, 5.74) is 5.85. The molecule has 2 heterocycles. The number of hydrogen-bond donors (Lipinski definition) is 2. The van der Waals surface area contributed by atoms with Gasteiger partial charge in [0, 0.05) is 36.9 Å². The van der Waals surface area contributed by atoms with E-state index in [0.717, 1.165) is 41.6 Å². The Morgan fingerprint density at radius 1 is 1.31 bits per heavy atom. The zero-order chi connectivity index (χ0) is 20.5. The molecule has 0 fully saturated rings. The van der Waals surface area contributed by atoms with Gasteiger partial charge in [-0.1, -0.05) is 24.3 Å². The molecule has 0 spiro atoms. The molecule has 0 bridgehead atoms. The predicted octanol–water partition coefficient (Wildman–Crippen LogP) is 3.05. The van der Waals surface area contributed by atoms with E-state index in [-0.39, 0.29) is 11.5 Å².